The Hall–Kier alpha value is -1.63. The summed E-state index contributed by atoms with van der Waals surface area (Å²) in [7, 11) is 0. The van der Waals surface area contributed by atoms with E-state index in [0.29, 0.717) is 11.9 Å². The lowest BCUT2D eigenvalue weighted by Crippen LogP contribution is -2.25. The fourth-order valence-corrected chi connectivity index (χ4v) is 1.46. The number of hydrogen-bond acceptors (Lipinski definition) is 6. The molecule has 1 rings (SSSR count). The lowest BCUT2D eigenvalue weighted by atomic mass is 10.2. The van der Waals surface area contributed by atoms with Gasteiger partial charge < -0.3 is 16.4 Å². The van der Waals surface area contributed by atoms with Crippen LogP contribution in [0.5, 0.6) is 0 Å². The van der Waals surface area contributed by atoms with E-state index in [1.807, 2.05) is 13.8 Å². The molecule has 0 spiro atoms. The number of hydrogen-bond donors (Lipinski definition) is 3. The monoisotopic (exact) mass is 272 g/mol. The Kier molecular flexibility index (Phi) is 5.57. The minimum absolute atomic E-state index is 0.0948. The first-order valence-corrected chi connectivity index (χ1v) is 6.09. The van der Waals surface area contributed by atoms with Crippen LogP contribution in [0.3, 0.4) is 0 Å². The molecule has 0 aliphatic carbocycles. The largest absolute Gasteiger partial charge is 0.370 e. The fourth-order valence-electron chi connectivity index (χ4n) is 1.30. The zero-order valence-electron chi connectivity index (χ0n) is 10.4. The molecule has 1 amide bonds. The van der Waals surface area contributed by atoms with Gasteiger partial charge in [0.15, 0.2) is 0 Å². The maximum absolute atomic E-state index is 10.8. The van der Waals surface area contributed by atoms with E-state index >= 15 is 0 Å². The molecule has 4 N–H and O–H groups in total. The van der Waals surface area contributed by atoms with Crippen LogP contribution in [0.1, 0.15) is 26.7 Å². The molecule has 1 atom stereocenters. The number of anilines is 2. The van der Waals surface area contributed by atoms with E-state index in [1.165, 1.54) is 0 Å². The normalized spacial score (nSPS) is 11.9. The Morgan fingerprint density at radius 2 is 2.06 bits per heavy atom. The Bertz CT molecular complexity index is 413. The quantitative estimate of drug-likeness (QED) is 0.684. The van der Waals surface area contributed by atoms with Crippen molar-refractivity contribution >= 4 is 29.4 Å². The van der Waals surface area contributed by atoms with Crippen LogP contribution in [0.15, 0.2) is 0 Å². The Morgan fingerprint density at radius 3 is 2.67 bits per heavy atom. The summed E-state index contributed by atoms with van der Waals surface area (Å²) in [5, 5.41) is 6.05. The summed E-state index contributed by atoms with van der Waals surface area (Å²) >= 11 is 5.78. The lowest BCUT2D eigenvalue weighted by molar-refractivity contribution is -0.118. The highest BCUT2D eigenvalue weighted by Crippen LogP contribution is 2.11. The molecule has 1 heterocycles. The predicted molar refractivity (Wildman–Crippen MR) is 70.5 cm³/mol. The van der Waals surface area contributed by atoms with Crippen molar-refractivity contribution in [2.75, 3.05) is 17.2 Å². The summed E-state index contributed by atoms with van der Waals surface area (Å²) in [5.41, 5.74) is 5.10. The number of nitrogens with one attached hydrogen (secondary N) is 2. The van der Waals surface area contributed by atoms with Gasteiger partial charge in [0.25, 0.3) is 0 Å². The van der Waals surface area contributed by atoms with Gasteiger partial charge in [0.1, 0.15) is 0 Å². The van der Waals surface area contributed by atoms with Gasteiger partial charge in [-0.25, -0.2) is 0 Å². The first kappa shape index (κ1) is 14.4. The molecule has 1 unspecified atom stereocenters. The average Bonchev–Trinajstić information content (AvgIpc) is 2.24. The highest BCUT2D eigenvalue weighted by atomic mass is 35.5. The zero-order chi connectivity index (χ0) is 13.5. The SMILES string of the molecule is CCCNc1nc(Cl)nc(NC(C)CC(N)=O)n1. The summed E-state index contributed by atoms with van der Waals surface area (Å²) < 4.78 is 0. The van der Waals surface area contributed by atoms with Crippen LogP contribution in [0.4, 0.5) is 11.9 Å². The van der Waals surface area contributed by atoms with E-state index in [1.54, 1.807) is 0 Å². The second-order valence-corrected chi connectivity index (χ2v) is 4.23. The number of amides is 1. The van der Waals surface area contributed by atoms with Crippen molar-refractivity contribution in [2.45, 2.75) is 32.7 Å². The van der Waals surface area contributed by atoms with Gasteiger partial charge in [-0.05, 0) is 24.9 Å². The molecule has 0 radical (unpaired) electrons. The van der Waals surface area contributed by atoms with Crippen molar-refractivity contribution in [2.24, 2.45) is 5.73 Å². The molecule has 0 bridgehead atoms. The van der Waals surface area contributed by atoms with Crippen LogP contribution in [-0.2, 0) is 4.79 Å². The number of rotatable bonds is 7. The van der Waals surface area contributed by atoms with Gasteiger partial charge >= 0.3 is 0 Å². The minimum Gasteiger partial charge on any atom is -0.370 e. The highest BCUT2D eigenvalue weighted by molar-refractivity contribution is 6.28. The number of nitrogens with two attached hydrogens (primary N) is 1. The first-order valence-electron chi connectivity index (χ1n) is 5.71. The molecule has 0 aliphatic rings. The third-order valence-electron chi connectivity index (χ3n) is 2.02. The van der Waals surface area contributed by atoms with E-state index in [9.17, 15) is 4.79 Å². The van der Waals surface area contributed by atoms with Gasteiger partial charge in [0.05, 0.1) is 0 Å². The van der Waals surface area contributed by atoms with Gasteiger partial charge in [-0.15, -0.1) is 0 Å². The van der Waals surface area contributed by atoms with Crippen LogP contribution < -0.4 is 16.4 Å². The number of nitrogens with zero attached hydrogens (tertiary/aromatic N) is 3. The molecule has 7 nitrogen and oxygen atoms in total. The van der Waals surface area contributed by atoms with Crippen LogP contribution in [0, 0.1) is 0 Å². The van der Waals surface area contributed by atoms with E-state index in [-0.39, 0.29) is 23.7 Å². The molecule has 0 aliphatic heterocycles. The van der Waals surface area contributed by atoms with Crippen LogP contribution >= 0.6 is 11.6 Å². The molecule has 1 aromatic rings. The fraction of sp³-hybridized carbons (Fsp3) is 0.600. The van der Waals surface area contributed by atoms with Crippen LogP contribution in [-0.4, -0.2) is 33.4 Å². The number of carbonyl (C=O) groups excluding carboxylic acids is 1. The third-order valence-corrected chi connectivity index (χ3v) is 2.19. The lowest BCUT2D eigenvalue weighted by Gasteiger charge is -2.12. The average molecular weight is 273 g/mol. The van der Waals surface area contributed by atoms with E-state index in [0.717, 1.165) is 13.0 Å². The van der Waals surface area contributed by atoms with Gasteiger partial charge in [-0.1, -0.05) is 6.92 Å². The van der Waals surface area contributed by atoms with Gasteiger partial charge in [-0.3, -0.25) is 4.79 Å². The van der Waals surface area contributed by atoms with Crippen molar-refractivity contribution in [3.63, 3.8) is 0 Å². The Morgan fingerprint density at radius 1 is 1.39 bits per heavy atom. The van der Waals surface area contributed by atoms with Crippen molar-refractivity contribution in [1.82, 2.24) is 15.0 Å². The summed E-state index contributed by atoms with van der Waals surface area (Å²) in [4.78, 5) is 22.8. The predicted octanol–water partition coefficient (Wildman–Crippen LogP) is 1.02. The summed E-state index contributed by atoms with van der Waals surface area (Å²) in [5.74, 6) is 0.340. The summed E-state index contributed by atoms with van der Waals surface area (Å²) in [6, 6.07) is -0.167. The van der Waals surface area contributed by atoms with Crippen LogP contribution in [0.2, 0.25) is 5.28 Å². The summed E-state index contributed by atoms with van der Waals surface area (Å²) in [6.07, 6.45) is 1.14. The first-order chi connectivity index (χ1) is 8.51. The molecular weight excluding hydrogens is 256 g/mol. The second-order valence-electron chi connectivity index (χ2n) is 3.89. The summed E-state index contributed by atoms with van der Waals surface area (Å²) in [6.45, 7) is 4.59. The molecule has 18 heavy (non-hydrogen) atoms. The van der Waals surface area contributed by atoms with E-state index < -0.39 is 0 Å². The third kappa shape index (κ3) is 5.13. The maximum atomic E-state index is 10.8. The van der Waals surface area contributed by atoms with Gasteiger partial charge in [0, 0.05) is 19.0 Å². The molecule has 8 heteroatoms. The van der Waals surface area contributed by atoms with Crippen LogP contribution in [0.25, 0.3) is 0 Å². The molecule has 0 saturated carbocycles. The standard InChI is InChI=1S/C10H17ClN6O/c1-3-4-13-9-15-8(11)16-10(17-9)14-6(2)5-7(12)18/h6H,3-5H2,1-2H3,(H2,12,18)(H2,13,14,15,16,17). The zero-order valence-corrected chi connectivity index (χ0v) is 11.2. The number of carbonyl (C=O) groups is 1. The molecule has 0 saturated heterocycles. The maximum Gasteiger partial charge on any atom is 0.229 e. The molecule has 0 aromatic carbocycles. The highest BCUT2D eigenvalue weighted by Gasteiger charge is 2.09. The van der Waals surface area contributed by atoms with Crippen molar-refractivity contribution in [3.05, 3.63) is 5.28 Å². The van der Waals surface area contributed by atoms with Crippen molar-refractivity contribution in [1.29, 1.82) is 0 Å². The number of aromatic nitrogens is 3. The van der Waals surface area contributed by atoms with Gasteiger partial charge in [0.2, 0.25) is 23.1 Å². The van der Waals surface area contributed by atoms with Crippen molar-refractivity contribution in [3.8, 4) is 0 Å². The molecular formula is C10H17ClN6O. The minimum atomic E-state index is -0.389. The van der Waals surface area contributed by atoms with Crippen molar-refractivity contribution < 1.29 is 4.79 Å². The second kappa shape index (κ2) is 6.95. The number of halogens is 1. The topological polar surface area (TPSA) is 106 Å². The number of primary amides is 1. The Labute approximate surface area is 111 Å². The van der Waals surface area contributed by atoms with E-state index in [4.69, 9.17) is 17.3 Å². The smallest absolute Gasteiger partial charge is 0.229 e. The molecule has 100 valence electrons. The van der Waals surface area contributed by atoms with E-state index in [2.05, 4.69) is 25.6 Å². The molecule has 0 fully saturated rings. The Balaban J connectivity index is 2.69. The molecule has 1 aromatic heterocycles. The van der Waals surface area contributed by atoms with Gasteiger partial charge in [-0.2, -0.15) is 15.0 Å².